The third-order valence-electron chi connectivity index (χ3n) is 8.62. The maximum atomic E-state index is 6.85. The Hall–Kier alpha value is -5.81. The smallest absolute Gasteiger partial charge is 0.164 e. The minimum absolute atomic E-state index is 0.117. The van der Waals surface area contributed by atoms with Gasteiger partial charge in [0.1, 0.15) is 11.9 Å². The lowest BCUT2D eigenvalue weighted by Gasteiger charge is -2.22. The van der Waals surface area contributed by atoms with Gasteiger partial charge in [0.2, 0.25) is 0 Å². The van der Waals surface area contributed by atoms with Crippen molar-refractivity contribution in [1.29, 1.82) is 0 Å². The van der Waals surface area contributed by atoms with E-state index in [0.29, 0.717) is 17.5 Å². The summed E-state index contributed by atoms with van der Waals surface area (Å²) in [6.07, 6.45) is 4.44. The Kier molecular flexibility index (Phi) is 5.56. The number of ether oxygens (including phenoxy) is 1. The molecule has 7 aromatic rings. The standard InChI is InChI=1S/C39H26N4O/c1-4-12-25(13-5-1)37-40-38(26-14-6-2-7-15-26)42-39(41-37)27-20-21-29-30-22-23-33-35(36(30)44-34(29)24-27)31-18-10-11-19-32(31)43(33)28-16-8-3-9-17-28/h1-24,30,36H. The fourth-order valence-corrected chi connectivity index (χ4v) is 6.60. The molecule has 0 saturated heterocycles. The van der Waals surface area contributed by atoms with Crippen molar-refractivity contribution in [2.24, 2.45) is 0 Å². The molecule has 0 fully saturated rings. The Balaban J connectivity index is 1.15. The lowest BCUT2D eigenvalue weighted by atomic mass is 9.85. The summed E-state index contributed by atoms with van der Waals surface area (Å²) in [5.74, 6) is 2.90. The van der Waals surface area contributed by atoms with E-state index in [4.69, 9.17) is 19.7 Å². The molecule has 2 aliphatic rings. The van der Waals surface area contributed by atoms with Crippen molar-refractivity contribution in [3.05, 3.63) is 156 Å². The van der Waals surface area contributed by atoms with Crippen LogP contribution in [-0.2, 0) is 0 Å². The molecule has 0 amide bonds. The van der Waals surface area contributed by atoms with Gasteiger partial charge in [-0.25, -0.2) is 15.0 Å². The maximum absolute atomic E-state index is 6.85. The molecule has 2 aromatic heterocycles. The zero-order valence-corrected chi connectivity index (χ0v) is 23.7. The van der Waals surface area contributed by atoms with Crippen LogP contribution in [0.25, 0.3) is 56.8 Å². The molecule has 0 radical (unpaired) electrons. The molecule has 2 unspecified atom stereocenters. The van der Waals surface area contributed by atoms with Crippen molar-refractivity contribution < 1.29 is 4.74 Å². The van der Waals surface area contributed by atoms with Gasteiger partial charge in [0.15, 0.2) is 17.5 Å². The molecule has 9 rings (SSSR count). The predicted octanol–water partition coefficient (Wildman–Crippen LogP) is 9.06. The molecule has 5 nitrogen and oxygen atoms in total. The van der Waals surface area contributed by atoms with Gasteiger partial charge < -0.3 is 9.30 Å². The summed E-state index contributed by atoms with van der Waals surface area (Å²) < 4.78 is 9.19. The van der Waals surface area contributed by atoms with E-state index in [1.54, 1.807) is 0 Å². The minimum atomic E-state index is -0.117. The Morgan fingerprint density at radius 2 is 1.16 bits per heavy atom. The second kappa shape index (κ2) is 9.89. The minimum Gasteiger partial charge on any atom is -0.484 e. The quantitative estimate of drug-likeness (QED) is 0.213. The van der Waals surface area contributed by atoms with E-state index in [0.717, 1.165) is 28.1 Å². The van der Waals surface area contributed by atoms with Crippen LogP contribution >= 0.6 is 0 Å². The van der Waals surface area contributed by atoms with Crippen LogP contribution < -0.4 is 4.74 Å². The molecule has 0 N–H and O–H groups in total. The number of hydrogen-bond donors (Lipinski definition) is 0. The normalized spacial score (nSPS) is 16.3. The highest BCUT2D eigenvalue weighted by atomic mass is 16.5. The number of para-hydroxylation sites is 2. The van der Waals surface area contributed by atoms with Gasteiger partial charge >= 0.3 is 0 Å². The van der Waals surface area contributed by atoms with E-state index in [1.165, 1.54) is 27.7 Å². The van der Waals surface area contributed by atoms with Gasteiger partial charge in [-0.15, -0.1) is 0 Å². The summed E-state index contributed by atoms with van der Waals surface area (Å²) in [6.45, 7) is 0. The van der Waals surface area contributed by atoms with Crippen LogP contribution in [-0.4, -0.2) is 19.5 Å². The van der Waals surface area contributed by atoms with Crippen molar-refractivity contribution in [2.45, 2.75) is 12.0 Å². The number of rotatable bonds is 4. The lowest BCUT2D eigenvalue weighted by Crippen LogP contribution is -2.13. The molecule has 3 heterocycles. The molecule has 5 aromatic carbocycles. The average molecular weight is 567 g/mol. The summed E-state index contributed by atoms with van der Waals surface area (Å²) in [7, 11) is 0. The lowest BCUT2D eigenvalue weighted by molar-refractivity contribution is 0.225. The molecule has 0 saturated carbocycles. The number of hydrogen-bond acceptors (Lipinski definition) is 4. The molecule has 44 heavy (non-hydrogen) atoms. The van der Waals surface area contributed by atoms with Gasteiger partial charge in [0.25, 0.3) is 0 Å². The molecule has 5 heteroatoms. The average Bonchev–Trinajstić information content (AvgIpc) is 3.64. The van der Waals surface area contributed by atoms with Gasteiger partial charge in [0.05, 0.1) is 11.2 Å². The van der Waals surface area contributed by atoms with E-state index in [-0.39, 0.29) is 12.0 Å². The van der Waals surface area contributed by atoms with Crippen molar-refractivity contribution in [2.75, 3.05) is 0 Å². The fourth-order valence-electron chi connectivity index (χ4n) is 6.60. The highest BCUT2D eigenvalue weighted by Crippen LogP contribution is 2.53. The van der Waals surface area contributed by atoms with Crippen molar-refractivity contribution in [3.63, 3.8) is 0 Å². The Bertz CT molecular complexity index is 2150. The third kappa shape index (κ3) is 3.90. The zero-order valence-electron chi connectivity index (χ0n) is 23.7. The first-order chi connectivity index (χ1) is 21.8. The molecule has 1 aliphatic carbocycles. The second-order valence-electron chi connectivity index (χ2n) is 11.2. The summed E-state index contributed by atoms with van der Waals surface area (Å²) in [5.41, 5.74) is 8.70. The Morgan fingerprint density at radius 3 is 1.84 bits per heavy atom. The number of nitrogens with zero attached hydrogens (tertiary/aromatic N) is 4. The first-order valence-corrected chi connectivity index (χ1v) is 14.9. The SMILES string of the molecule is C1=CC2c3ccc(-c4nc(-c5ccccc5)nc(-c5ccccc5)n4)cc3OC2c2c1n(-c1ccccc1)c1ccccc21. The monoisotopic (exact) mass is 566 g/mol. The summed E-state index contributed by atoms with van der Waals surface area (Å²) in [5, 5.41) is 1.22. The van der Waals surface area contributed by atoms with E-state index in [9.17, 15) is 0 Å². The summed E-state index contributed by atoms with van der Waals surface area (Å²) in [6, 6.07) is 45.7. The van der Waals surface area contributed by atoms with Gasteiger partial charge in [-0.3, -0.25) is 0 Å². The van der Waals surface area contributed by atoms with Crippen LogP contribution in [0.15, 0.2) is 140 Å². The van der Waals surface area contributed by atoms with Gasteiger partial charge in [-0.2, -0.15) is 0 Å². The first-order valence-electron chi connectivity index (χ1n) is 14.9. The van der Waals surface area contributed by atoms with Crippen LogP contribution in [0.5, 0.6) is 5.75 Å². The van der Waals surface area contributed by atoms with E-state index in [1.807, 2.05) is 60.7 Å². The Morgan fingerprint density at radius 1 is 0.568 bits per heavy atom. The number of aromatic nitrogens is 4. The van der Waals surface area contributed by atoms with Crippen LogP contribution in [0.3, 0.4) is 0 Å². The molecule has 208 valence electrons. The molecule has 2 atom stereocenters. The van der Waals surface area contributed by atoms with Crippen LogP contribution in [0.1, 0.15) is 28.8 Å². The molecular weight excluding hydrogens is 540 g/mol. The van der Waals surface area contributed by atoms with Gasteiger partial charge in [-0.1, -0.05) is 115 Å². The van der Waals surface area contributed by atoms with E-state index in [2.05, 4.69) is 89.5 Å². The van der Waals surface area contributed by atoms with E-state index < -0.39 is 0 Å². The maximum Gasteiger partial charge on any atom is 0.164 e. The predicted molar refractivity (Wildman–Crippen MR) is 175 cm³/mol. The third-order valence-corrected chi connectivity index (χ3v) is 8.62. The number of fused-ring (bicyclic) bond motifs is 7. The van der Waals surface area contributed by atoms with Crippen LogP contribution in [0, 0.1) is 0 Å². The first kappa shape index (κ1) is 24.8. The topological polar surface area (TPSA) is 52.8 Å². The van der Waals surface area contributed by atoms with Gasteiger partial charge in [-0.05, 0) is 30.3 Å². The van der Waals surface area contributed by atoms with Crippen molar-refractivity contribution >= 4 is 17.0 Å². The second-order valence-corrected chi connectivity index (χ2v) is 11.2. The highest BCUT2D eigenvalue weighted by Gasteiger charge is 2.40. The Labute approximate surface area is 254 Å². The molecule has 1 aliphatic heterocycles. The molecule has 0 spiro atoms. The summed E-state index contributed by atoms with van der Waals surface area (Å²) in [4.78, 5) is 14.7. The molecular formula is C39H26N4O. The van der Waals surface area contributed by atoms with Gasteiger partial charge in [0, 0.05) is 44.8 Å². The zero-order chi connectivity index (χ0) is 29.0. The largest absolute Gasteiger partial charge is 0.484 e. The van der Waals surface area contributed by atoms with Crippen LogP contribution in [0.2, 0.25) is 0 Å². The van der Waals surface area contributed by atoms with Crippen molar-refractivity contribution in [3.8, 4) is 45.6 Å². The summed E-state index contributed by atoms with van der Waals surface area (Å²) >= 11 is 0. The van der Waals surface area contributed by atoms with Crippen LogP contribution in [0.4, 0.5) is 0 Å². The fraction of sp³-hybridized carbons (Fsp3) is 0.0513. The van der Waals surface area contributed by atoms with E-state index >= 15 is 0 Å². The molecule has 0 bridgehead atoms. The van der Waals surface area contributed by atoms with Crippen molar-refractivity contribution in [1.82, 2.24) is 19.5 Å². The number of benzene rings is 5. The highest BCUT2D eigenvalue weighted by molar-refractivity contribution is 5.92.